The topological polar surface area (TPSA) is 30.5 Å². The average molecular weight is 328 g/mol. The van der Waals surface area contributed by atoms with Crippen LogP contribution >= 0.6 is 15.9 Å². The summed E-state index contributed by atoms with van der Waals surface area (Å²) < 4.78 is 12.3. The molecule has 0 aliphatic heterocycles. The smallest absolute Gasteiger partial charge is 0.0987 e. The summed E-state index contributed by atoms with van der Waals surface area (Å²) in [7, 11) is 1.76. The van der Waals surface area contributed by atoms with Gasteiger partial charge in [-0.25, -0.2) is 0 Å². The van der Waals surface area contributed by atoms with Crippen molar-refractivity contribution in [1.82, 2.24) is 5.32 Å². The van der Waals surface area contributed by atoms with Crippen LogP contribution in [0.25, 0.3) is 0 Å². The average Bonchev–Trinajstić information content (AvgIpc) is 2.38. The van der Waals surface area contributed by atoms with Gasteiger partial charge in [-0.2, -0.15) is 0 Å². The van der Waals surface area contributed by atoms with E-state index in [0.29, 0.717) is 12.1 Å². The van der Waals surface area contributed by atoms with Gasteiger partial charge < -0.3 is 14.8 Å². The van der Waals surface area contributed by atoms with Gasteiger partial charge in [-0.3, -0.25) is 0 Å². The summed E-state index contributed by atoms with van der Waals surface area (Å²) in [4.78, 5) is 0. The number of hydrogen-bond acceptors (Lipinski definition) is 3. The zero-order valence-corrected chi connectivity index (χ0v) is 13.3. The molecule has 0 amide bonds. The summed E-state index contributed by atoms with van der Waals surface area (Å²) in [6.07, 6.45) is 1.41. The molecule has 0 radical (unpaired) electrons. The molecule has 1 saturated carbocycles. The molecule has 0 spiro atoms. The highest BCUT2D eigenvalue weighted by Gasteiger charge is 2.42. The van der Waals surface area contributed by atoms with Gasteiger partial charge in [0.2, 0.25) is 0 Å². The Morgan fingerprint density at radius 1 is 1.42 bits per heavy atom. The molecule has 1 fully saturated rings. The summed E-state index contributed by atoms with van der Waals surface area (Å²) in [5.74, 6) is 0. The number of halogens is 1. The molecule has 0 aromatic heterocycles. The highest BCUT2D eigenvalue weighted by molar-refractivity contribution is 9.10. The predicted octanol–water partition coefficient (Wildman–Crippen LogP) is 3.29. The van der Waals surface area contributed by atoms with Crippen molar-refractivity contribution in [3.63, 3.8) is 0 Å². The van der Waals surface area contributed by atoms with Gasteiger partial charge in [0.1, 0.15) is 0 Å². The highest BCUT2D eigenvalue weighted by atomic mass is 79.9. The molecule has 1 N–H and O–H groups in total. The number of nitrogens with one attached hydrogen (secondary N) is 1. The lowest BCUT2D eigenvalue weighted by atomic mass is 9.84. The largest absolute Gasteiger partial charge is 0.377 e. The fourth-order valence-electron chi connectivity index (χ4n) is 2.67. The third-order valence-electron chi connectivity index (χ3n) is 3.74. The Morgan fingerprint density at radius 2 is 2.16 bits per heavy atom. The predicted molar refractivity (Wildman–Crippen MR) is 80.3 cm³/mol. The van der Waals surface area contributed by atoms with E-state index in [1.807, 2.05) is 13.0 Å². The van der Waals surface area contributed by atoms with Crippen LogP contribution in [0.15, 0.2) is 28.7 Å². The van der Waals surface area contributed by atoms with Crippen molar-refractivity contribution in [2.45, 2.75) is 44.6 Å². The number of hydrogen-bond donors (Lipinski definition) is 1. The van der Waals surface area contributed by atoms with Crippen molar-refractivity contribution in [2.75, 3.05) is 13.7 Å². The minimum Gasteiger partial charge on any atom is -0.377 e. The lowest BCUT2D eigenvalue weighted by Gasteiger charge is -2.44. The minimum atomic E-state index is 0.157. The molecule has 4 heteroatoms. The van der Waals surface area contributed by atoms with Crippen molar-refractivity contribution in [3.05, 3.63) is 34.3 Å². The lowest BCUT2D eigenvalue weighted by Crippen LogP contribution is -2.60. The Bertz CT molecular complexity index is 413. The third kappa shape index (κ3) is 3.37. The first kappa shape index (κ1) is 15.0. The first-order valence-corrected chi connectivity index (χ1v) is 7.61. The van der Waals surface area contributed by atoms with Crippen LogP contribution in [0.4, 0.5) is 0 Å². The van der Waals surface area contributed by atoms with Crippen LogP contribution in [0.2, 0.25) is 0 Å². The van der Waals surface area contributed by atoms with Gasteiger partial charge in [-0.05, 0) is 31.9 Å². The maximum atomic E-state index is 5.65. The first-order chi connectivity index (χ1) is 9.17. The van der Waals surface area contributed by atoms with Gasteiger partial charge in [-0.1, -0.05) is 34.1 Å². The van der Waals surface area contributed by atoms with E-state index in [4.69, 9.17) is 9.47 Å². The van der Waals surface area contributed by atoms with Crippen LogP contribution < -0.4 is 5.32 Å². The second-order valence-corrected chi connectivity index (χ2v) is 5.80. The molecule has 2 rings (SSSR count). The maximum Gasteiger partial charge on any atom is 0.0987 e. The molecular weight excluding hydrogens is 306 g/mol. The van der Waals surface area contributed by atoms with E-state index in [1.165, 1.54) is 5.56 Å². The third-order valence-corrected chi connectivity index (χ3v) is 4.46. The first-order valence-electron chi connectivity index (χ1n) is 6.82. The van der Waals surface area contributed by atoms with E-state index in [1.54, 1.807) is 7.11 Å². The lowest BCUT2D eigenvalue weighted by molar-refractivity contribution is -0.133. The quantitative estimate of drug-likeness (QED) is 0.869. The van der Waals surface area contributed by atoms with Crippen LogP contribution in [-0.4, -0.2) is 32.0 Å². The van der Waals surface area contributed by atoms with Crippen molar-refractivity contribution in [1.29, 1.82) is 0 Å². The Balaban J connectivity index is 1.93. The van der Waals surface area contributed by atoms with Crippen molar-refractivity contribution in [3.8, 4) is 0 Å². The number of methoxy groups -OCH3 is 1. The van der Waals surface area contributed by atoms with E-state index in [0.717, 1.165) is 17.5 Å². The minimum absolute atomic E-state index is 0.157. The molecule has 0 heterocycles. The zero-order chi connectivity index (χ0) is 13.8. The fraction of sp³-hybridized carbons (Fsp3) is 0.600. The molecule has 0 saturated heterocycles. The van der Waals surface area contributed by atoms with Crippen LogP contribution in [0, 0.1) is 0 Å². The van der Waals surface area contributed by atoms with E-state index >= 15 is 0 Å². The molecule has 1 aromatic rings. The summed E-state index contributed by atoms with van der Waals surface area (Å²) in [5, 5.41) is 3.63. The SMILES string of the molecule is CCOC1CC(NC(C)c2ccccc2Br)C1OC. The maximum absolute atomic E-state index is 5.65. The molecule has 19 heavy (non-hydrogen) atoms. The summed E-state index contributed by atoms with van der Waals surface area (Å²) in [5.41, 5.74) is 1.28. The van der Waals surface area contributed by atoms with E-state index in [9.17, 15) is 0 Å². The van der Waals surface area contributed by atoms with Crippen LogP contribution in [0.1, 0.15) is 31.9 Å². The van der Waals surface area contributed by atoms with Crippen LogP contribution in [0.5, 0.6) is 0 Å². The van der Waals surface area contributed by atoms with Gasteiger partial charge in [0.25, 0.3) is 0 Å². The molecule has 4 unspecified atom stereocenters. The monoisotopic (exact) mass is 327 g/mol. The molecule has 4 atom stereocenters. The van der Waals surface area contributed by atoms with Gasteiger partial charge in [-0.15, -0.1) is 0 Å². The summed E-state index contributed by atoms with van der Waals surface area (Å²) in [6.45, 7) is 4.95. The van der Waals surface area contributed by atoms with E-state index < -0.39 is 0 Å². The molecular formula is C15H22BrNO2. The highest BCUT2D eigenvalue weighted by Crippen LogP contribution is 2.30. The van der Waals surface area contributed by atoms with E-state index in [2.05, 4.69) is 46.4 Å². The second-order valence-electron chi connectivity index (χ2n) is 4.95. The molecule has 106 valence electrons. The van der Waals surface area contributed by atoms with E-state index in [-0.39, 0.29) is 12.2 Å². The molecule has 1 aliphatic rings. The number of rotatable bonds is 6. The number of benzene rings is 1. The molecule has 1 aromatic carbocycles. The second kappa shape index (κ2) is 6.84. The van der Waals surface area contributed by atoms with Crippen molar-refractivity contribution >= 4 is 15.9 Å². The van der Waals surface area contributed by atoms with Gasteiger partial charge in [0, 0.05) is 30.3 Å². The van der Waals surface area contributed by atoms with Gasteiger partial charge >= 0.3 is 0 Å². The molecule has 1 aliphatic carbocycles. The zero-order valence-electron chi connectivity index (χ0n) is 11.7. The van der Waals surface area contributed by atoms with Gasteiger partial charge in [0.15, 0.2) is 0 Å². The van der Waals surface area contributed by atoms with Crippen LogP contribution in [-0.2, 0) is 9.47 Å². The standard InChI is InChI=1S/C15H22BrNO2/c1-4-19-14-9-13(15(14)18-3)17-10(2)11-7-5-6-8-12(11)16/h5-8,10,13-15,17H,4,9H2,1-3H3. The Labute approximate surface area is 123 Å². The summed E-state index contributed by atoms with van der Waals surface area (Å²) >= 11 is 3.60. The Morgan fingerprint density at radius 3 is 2.79 bits per heavy atom. The number of ether oxygens (including phenoxy) is 2. The van der Waals surface area contributed by atoms with Gasteiger partial charge in [0.05, 0.1) is 12.2 Å². The van der Waals surface area contributed by atoms with Crippen molar-refractivity contribution < 1.29 is 9.47 Å². The Kier molecular flexibility index (Phi) is 5.39. The van der Waals surface area contributed by atoms with Crippen molar-refractivity contribution in [2.24, 2.45) is 0 Å². The molecule has 0 bridgehead atoms. The summed E-state index contributed by atoms with van der Waals surface area (Å²) in [6, 6.07) is 8.97. The Hall–Kier alpha value is -0.420. The molecule has 3 nitrogen and oxygen atoms in total. The van der Waals surface area contributed by atoms with Crippen LogP contribution in [0.3, 0.4) is 0 Å². The normalized spacial score (nSPS) is 27.9. The fourth-order valence-corrected chi connectivity index (χ4v) is 3.30.